The Hall–Kier alpha value is -0.550. The zero-order valence-corrected chi connectivity index (χ0v) is 6.55. The summed E-state index contributed by atoms with van der Waals surface area (Å²) in [7, 11) is 0. The van der Waals surface area contributed by atoms with Crippen LogP contribution in [0.2, 0.25) is 0 Å². The van der Waals surface area contributed by atoms with Gasteiger partial charge in [-0.25, -0.2) is 0 Å². The number of nitrogens with zero attached hydrogens (tertiary/aromatic N) is 1. The Labute approximate surface area is 61.8 Å². The van der Waals surface area contributed by atoms with Crippen molar-refractivity contribution in [3.63, 3.8) is 0 Å². The lowest BCUT2D eigenvalue weighted by atomic mass is 9.75. The second-order valence-corrected chi connectivity index (χ2v) is 3.24. The van der Waals surface area contributed by atoms with Gasteiger partial charge >= 0.3 is 0 Å². The van der Waals surface area contributed by atoms with E-state index in [1.54, 1.807) is 0 Å². The molecule has 1 heterocycles. The summed E-state index contributed by atoms with van der Waals surface area (Å²) in [5, 5.41) is 8.72. The molecule has 10 heavy (non-hydrogen) atoms. The van der Waals surface area contributed by atoms with Crippen LogP contribution in [-0.2, 0) is 4.74 Å². The number of nitriles is 1. The van der Waals surface area contributed by atoms with E-state index in [0.29, 0.717) is 0 Å². The van der Waals surface area contributed by atoms with Crippen molar-refractivity contribution >= 4 is 0 Å². The van der Waals surface area contributed by atoms with E-state index in [2.05, 4.69) is 19.9 Å². The first-order valence-corrected chi connectivity index (χ1v) is 3.70. The van der Waals surface area contributed by atoms with Crippen molar-refractivity contribution < 1.29 is 4.74 Å². The van der Waals surface area contributed by atoms with E-state index in [9.17, 15) is 0 Å². The molecule has 0 aliphatic carbocycles. The molecule has 0 saturated carbocycles. The minimum absolute atomic E-state index is 0.156. The van der Waals surface area contributed by atoms with Crippen LogP contribution in [0.3, 0.4) is 0 Å². The monoisotopic (exact) mass is 139 g/mol. The maximum atomic E-state index is 8.72. The van der Waals surface area contributed by atoms with Gasteiger partial charge in [-0.1, -0.05) is 13.8 Å². The fraction of sp³-hybridized carbons (Fsp3) is 0.875. The van der Waals surface area contributed by atoms with Gasteiger partial charge in [0.1, 0.15) is 0 Å². The van der Waals surface area contributed by atoms with Gasteiger partial charge in [-0.15, -0.1) is 0 Å². The molecule has 1 aliphatic rings. The average Bonchev–Trinajstić information content (AvgIpc) is 1.87. The van der Waals surface area contributed by atoms with Gasteiger partial charge in [0, 0.05) is 5.41 Å². The Bertz CT molecular complexity index is 155. The van der Waals surface area contributed by atoms with E-state index in [-0.39, 0.29) is 11.3 Å². The molecule has 2 nitrogen and oxygen atoms in total. The zero-order chi connectivity index (χ0) is 7.61. The first-order chi connectivity index (χ1) is 4.73. The van der Waals surface area contributed by atoms with Crippen LogP contribution in [0.5, 0.6) is 0 Å². The molecule has 1 unspecified atom stereocenters. The van der Waals surface area contributed by atoms with Gasteiger partial charge in [-0.2, -0.15) is 5.26 Å². The maximum absolute atomic E-state index is 8.72. The van der Waals surface area contributed by atoms with Crippen LogP contribution in [-0.4, -0.2) is 13.2 Å². The second kappa shape index (κ2) is 2.59. The molecule has 0 N–H and O–H groups in total. The molecule has 1 aliphatic heterocycles. The number of rotatable bonds is 2. The summed E-state index contributed by atoms with van der Waals surface area (Å²) in [6.07, 6.45) is 0.941. The highest BCUT2D eigenvalue weighted by molar-refractivity contribution is 4.98. The van der Waals surface area contributed by atoms with Crippen LogP contribution in [0.4, 0.5) is 0 Å². The molecule has 0 radical (unpaired) electrons. The van der Waals surface area contributed by atoms with Gasteiger partial charge in [0.15, 0.2) is 0 Å². The quantitative estimate of drug-likeness (QED) is 0.581. The highest BCUT2D eigenvalue weighted by Gasteiger charge is 2.40. The van der Waals surface area contributed by atoms with Crippen molar-refractivity contribution in [1.82, 2.24) is 0 Å². The first kappa shape index (κ1) is 7.56. The van der Waals surface area contributed by atoms with Crippen LogP contribution in [0, 0.1) is 22.7 Å². The van der Waals surface area contributed by atoms with Crippen molar-refractivity contribution in [1.29, 1.82) is 5.26 Å². The number of hydrogen-bond donors (Lipinski definition) is 0. The molecular weight excluding hydrogens is 126 g/mol. The molecule has 56 valence electrons. The topological polar surface area (TPSA) is 33.0 Å². The van der Waals surface area contributed by atoms with Crippen molar-refractivity contribution in [2.75, 3.05) is 13.2 Å². The first-order valence-electron chi connectivity index (χ1n) is 3.70. The zero-order valence-electron chi connectivity index (χ0n) is 6.55. The van der Waals surface area contributed by atoms with Gasteiger partial charge in [0.25, 0.3) is 0 Å². The van der Waals surface area contributed by atoms with Crippen molar-refractivity contribution in [2.24, 2.45) is 11.3 Å². The lowest BCUT2D eigenvalue weighted by molar-refractivity contribution is -0.123. The van der Waals surface area contributed by atoms with Crippen molar-refractivity contribution in [3.05, 3.63) is 0 Å². The summed E-state index contributed by atoms with van der Waals surface area (Å²) in [4.78, 5) is 0. The largest absolute Gasteiger partial charge is 0.380 e. The minimum Gasteiger partial charge on any atom is -0.380 e. The van der Waals surface area contributed by atoms with E-state index in [4.69, 9.17) is 10.00 Å². The normalized spacial score (nSPS) is 24.5. The Morgan fingerprint density at radius 1 is 1.70 bits per heavy atom. The molecule has 1 atom stereocenters. The summed E-state index contributed by atoms with van der Waals surface area (Å²) in [6, 6.07) is 2.31. The third-order valence-electron chi connectivity index (χ3n) is 2.27. The van der Waals surface area contributed by atoms with Gasteiger partial charge in [-0.3, -0.25) is 0 Å². The molecular formula is C8H13NO. The summed E-state index contributed by atoms with van der Waals surface area (Å²) >= 11 is 0. The third-order valence-corrected chi connectivity index (χ3v) is 2.27. The van der Waals surface area contributed by atoms with E-state index in [1.807, 2.05) is 0 Å². The molecule has 0 spiro atoms. The molecule has 0 bridgehead atoms. The molecule has 0 amide bonds. The van der Waals surface area contributed by atoms with Gasteiger partial charge in [0.2, 0.25) is 0 Å². The molecule has 1 fully saturated rings. The summed E-state index contributed by atoms with van der Waals surface area (Å²) < 4.78 is 5.07. The van der Waals surface area contributed by atoms with Crippen LogP contribution in [0.15, 0.2) is 0 Å². The SMILES string of the molecule is CCC(C#N)C1(C)COC1. The van der Waals surface area contributed by atoms with E-state index in [0.717, 1.165) is 19.6 Å². The predicted octanol–water partition coefficient (Wildman–Crippen LogP) is 1.57. The lowest BCUT2D eigenvalue weighted by Gasteiger charge is -2.41. The van der Waals surface area contributed by atoms with Crippen molar-refractivity contribution in [2.45, 2.75) is 20.3 Å². The smallest absolute Gasteiger partial charge is 0.0663 e. The molecule has 2 heteroatoms. The van der Waals surface area contributed by atoms with Crippen LogP contribution in [0.25, 0.3) is 0 Å². The Morgan fingerprint density at radius 2 is 2.30 bits per heavy atom. The number of hydrogen-bond acceptors (Lipinski definition) is 2. The maximum Gasteiger partial charge on any atom is 0.0663 e. The van der Waals surface area contributed by atoms with Gasteiger partial charge in [0.05, 0.1) is 25.2 Å². The van der Waals surface area contributed by atoms with Gasteiger partial charge < -0.3 is 4.74 Å². The third kappa shape index (κ3) is 1.02. The fourth-order valence-electron chi connectivity index (χ4n) is 1.37. The van der Waals surface area contributed by atoms with E-state index >= 15 is 0 Å². The highest BCUT2D eigenvalue weighted by Crippen LogP contribution is 2.36. The standard InChI is InChI=1S/C8H13NO/c1-3-7(4-9)8(2)5-10-6-8/h7H,3,5-6H2,1-2H3. The number of ether oxygens (including phenoxy) is 1. The van der Waals surface area contributed by atoms with Crippen molar-refractivity contribution in [3.8, 4) is 6.07 Å². The van der Waals surface area contributed by atoms with Crippen LogP contribution < -0.4 is 0 Å². The van der Waals surface area contributed by atoms with E-state index < -0.39 is 0 Å². The van der Waals surface area contributed by atoms with Crippen LogP contribution in [0.1, 0.15) is 20.3 Å². The molecule has 1 saturated heterocycles. The Balaban J connectivity index is 2.53. The van der Waals surface area contributed by atoms with Crippen LogP contribution >= 0.6 is 0 Å². The summed E-state index contributed by atoms with van der Waals surface area (Å²) in [6.45, 7) is 5.70. The highest BCUT2D eigenvalue weighted by atomic mass is 16.5. The second-order valence-electron chi connectivity index (χ2n) is 3.24. The van der Waals surface area contributed by atoms with Gasteiger partial charge in [-0.05, 0) is 6.42 Å². The Kier molecular flexibility index (Phi) is 1.96. The lowest BCUT2D eigenvalue weighted by Crippen LogP contribution is -2.45. The fourth-order valence-corrected chi connectivity index (χ4v) is 1.37. The predicted molar refractivity (Wildman–Crippen MR) is 38.3 cm³/mol. The molecule has 0 aromatic carbocycles. The molecule has 1 rings (SSSR count). The molecule has 0 aromatic heterocycles. The summed E-state index contributed by atoms with van der Waals surface area (Å²) in [5.41, 5.74) is 0.156. The average molecular weight is 139 g/mol. The minimum atomic E-state index is 0.156. The Morgan fingerprint density at radius 3 is 2.40 bits per heavy atom. The molecule has 0 aromatic rings. The summed E-state index contributed by atoms with van der Waals surface area (Å²) in [5.74, 6) is 0.182. The van der Waals surface area contributed by atoms with E-state index in [1.165, 1.54) is 0 Å².